The summed E-state index contributed by atoms with van der Waals surface area (Å²) in [6.45, 7) is 3.62. The Morgan fingerprint density at radius 3 is 2.59 bits per heavy atom. The second-order valence-electron chi connectivity index (χ2n) is 4.44. The minimum Gasteiger partial charge on any atom is -0.393 e. The van der Waals surface area contributed by atoms with E-state index in [4.69, 9.17) is 5.26 Å². The highest BCUT2D eigenvalue weighted by Gasteiger charge is 2.23. The van der Waals surface area contributed by atoms with Gasteiger partial charge in [-0.3, -0.25) is 0 Å². The zero-order valence-corrected chi connectivity index (χ0v) is 9.87. The third-order valence-corrected chi connectivity index (χ3v) is 3.30. The Morgan fingerprint density at radius 2 is 2.12 bits per heavy atom. The van der Waals surface area contributed by atoms with Gasteiger partial charge in [0.2, 0.25) is 0 Å². The van der Waals surface area contributed by atoms with Crippen LogP contribution in [0.4, 0.5) is 5.82 Å². The van der Waals surface area contributed by atoms with Crippen LogP contribution in [0.2, 0.25) is 0 Å². The van der Waals surface area contributed by atoms with Gasteiger partial charge in [-0.25, -0.2) is 9.97 Å². The average Bonchev–Trinajstić information content (AvgIpc) is 2.39. The minimum atomic E-state index is -0.232. The van der Waals surface area contributed by atoms with E-state index in [1.165, 1.54) is 6.20 Å². The lowest BCUT2D eigenvalue weighted by molar-refractivity contribution is 0.110. The Hall–Kier alpha value is -1.67. The number of aromatic nitrogens is 2. The lowest BCUT2D eigenvalue weighted by Gasteiger charge is -2.33. The Labute approximate surface area is 101 Å². The molecule has 1 aliphatic rings. The molecule has 0 spiro atoms. The van der Waals surface area contributed by atoms with Gasteiger partial charge >= 0.3 is 0 Å². The van der Waals surface area contributed by atoms with Crippen LogP contribution >= 0.6 is 0 Å². The van der Waals surface area contributed by atoms with Crippen LogP contribution < -0.4 is 4.90 Å². The Balaban J connectivity index is 1.98. The molecule has 0 aromatic carbocycles. The smallest absolute Gasteiger partial charge is 0.158 e. The predicted octanol–water partition coefficient (Wildman–Crippen LogP) is 0.945. The molecule has 1 aliphatic heterocycles. The maximum atomic E-state index is 9.52. The van der Waals surface area contributed by atoms with Gasteiger partial charge in [0.15, 0.2) is 5.69 Å². The van der Waals surface area contributed by atoms with Crippen LogP contribution in [0.3, 0.4) is 0 Å². The standard InChI is InChI=1S/C12H16N4O/c1-9(17)10-2-4-16(5-3-10)12-8-14-11(6-13)7-15-12/h7-10,17H,2-5H2,1H3. The molecule has 1 aromatic rings. The van der Waals surface area contributed by atoms with Gasteiger partial charge in [0.25, 0.3) is 0 Å². The normalized spacial score (nSPS) is 18.8. The van der Waals surface area contributed by atoms with Crippen LogP contribution in [-0.4, -0.2) is 34.3 Å². The number of rotatable bonds is 2. The predicted molar refractivity (Wildman–Crippen MR) is 63.4 cm³/mol. The Bertz CT molecular complexity index is 402. The highest BCUT2D eigenvalue weighted by atomic mass is 16.3. The molecule has 90 valence electrons. The monoisotopic (exact) mass is 232 g/mol. The fourth-order valence-corrected chi connectivity index (χ4v) is 2.15. The molecular weight excluding hydrogens is 216 g/mol. The molecule has 1 saturated heterocycles. The van der Waals surface area contributed by atoms with Gasteiger partial charge in [-0.1, -0.05) is 0 Å². The summed E-state index contributed by atoms with van der Waals surface area (Å²) in [4.78, 5) is 10.4. The van der Waals surface area contributed by atoms with Crippen molar-refractivity contribution in [2.45, 2.75) is 25.9 Å². The van der Waals surface area contributed by atoms with Gasteiger partial charge in [0, 0.05) is 13.1 Å². The van der Waals surface area contributed by atoms with Crippen molar-refractivity contribution in [3.8, 4) is 6.07 Å². The lowest BCUT2D eigenvalue weighted by atomic mass is 9.92. The molecular formula is C12H16N4O. The van der Waals surface area contributed by atoms with Crippen LogP contribution in [0.5, 0.6) is 0 Å². The second-order valence-corrected chi connectivity index (χ2v) is 4.44. The van der Waals surface area contributed by atoms with Crippen molar-refractivity contribution in [1.29, 1.82) is 5.26 Å². The zero-order valence-electron chi connectivity index (χ0n) is 9.87. The molecule has 1 unspecified atom stereocenters. The zero-order chi connectivity index (χ0) is 12.3. The van der Waals surface area contributed by atoms with Crippen LogP contribution in [0.15, 0.2) is 12.4 Å². The molecule has 0 bridgehead atoms. The van der Waals surface area contributed by atoms with Crippen molar-refractivity contribution in [2.75, 3.05) is 18.0 Å². The number of piperidine rings is 1. The van der Waals surface area contributed by atoms with Crippen LogP contribution in [-0.2, 0) is 0 Å². The molecule has 2 rings (SSSR count). The van der Waals surface area contributed by atoms with Crippen molar-refractivity contribution >= 4 is 5.82 Å². The summed E-state index contributed by atoms with van der Waals surface area (Å²) in [6, 6.07) is 1.95. The summed E-state index contributed by atoms with van der Waals surface area (Å²) in [5.74, 6) is 1.20. The minimum absolute atomic E-state index is 0.232. The topological polar surface area (TPSA) is 73.0 Å². The molecule has 17 heavy (non-hydrogen) atoms. The number of nitriles is 1. The van der Waals surface area contributed by atoms with Crippen LogP contribution in [0.25, 0.3) is 0 Å². The molecule has 1 atom stereocenters. The van der Waals surface area contributed by atoms with E-state index in [0.717, 1.165) is 31.7 Å². The third-order valence-electron chi connectivity index (χ3n) is 3.30. The number of aliphatic hydroxyl groups excluding tert-OH is 1. The van der Waals surface area contributed by atoms with E-state index in [0.29, 0.717) is 11.6 Å². The van der Waals surface area contributed by atoms with Gasteiger partial charge in [0.1, 0.15) is 11.9 Å². The number of anilines is 1. The molecule has 1 fully saturated rings. The molecule has 5 nitrogen and oxygen atoms in total. The molecule has 2 heterocycles. The van der Waals surface area contributed by atoms with Crippen LogP contribution in [0.1, 0.15) is 25.5 Å². The number of aliphatic hydroxyl groups is 1. The quantitative estimate of drug-likeness (QED) is 0.821. The Morgan fingerprint density at radius 1 is 1.41 bits per heavy atom. The molecule has 1 aromatic heterocycles. The van der Waals surface area contributed by atoms with Gasteiger partial charge in [-0.15, -0.1) is 0 Å². The van der Waals surface area contributed by atoms with Gasteiger partial charge in [0.05, 0.1) is 18.5 Å². The summed E-state index contributed by atoms with van der Waals surface area (Å²) >= 11 is 0. The first kappa shape index (κ1) is 11.8. The first-order chi connectivity index (χ1) is 8.20. The first-order valence-corrected chi connectivity index (χ1v) is 5.86. The maximum absolute atomic E-state index is 9.52. The first-order valence-electron chi connectivity index (χ1n) is 5.86. The average molecular weight is 232 g/mol. The molecule has 0 amide bonds. The number of hydrogen-bond acceptors (Lipinski definition) is 5. The van der Waals surface area contributed by atoms with Crippen molar-refractivity contribution in [3.05, 3.63) is 18.1 Å². The summed E-state index contributed by atoms with van der Waals surface area (Å²) < 4.78 is 0. The van der Waals surface area contributed by atoms with Gasteiger partial charge in [-0.2, -0.15) is 5.26 Å². The summed E-state index contributed by atoms with van der Waals surface area (Å²) in [7, 11) is 0. The fraction of sp³-hybridized carbons (Fsp3) is 0.583. The number of hydrogen-bond donors (Lipinski definition) is 1. The maximum Gasteiger partial charge on any atom is 0.158 e. The van der Waals surface area contributed by atoms with Crippen molar-refractivity contribution in [3.63, 3.8) is 0 Å². The van der Waals surface area contributed by atoms with Gasteiger partial charge < -0.3 is 10.0 Å². The van der Waals surface area contributed by atoms with E-state index < -0.39 is 0 Å². The van der Waals surface area contributed by atoms with E-state index in [9.17, 15) is 5.11 Å². The highest BCUT2D eigenvalue weighted by Crippen LogP contribution is 2.23. The summed E-state index contributed by atoms with van der Waals surface area (Å²) in [6.07, 6.45) is 4.85. The third kappa shape index (κ3) is 2.71. The second kappa shape index (κ2) is 5.11. The van der Waals surface area contributed by atoms with Crippen molar-refractivity contribution in [1.82, 2.24) is 9.97 Å². The summed E-state index contributed by atoms with van der Waals surface area (Å²) in [5.41, 5.74) is 0.340. The van der Waals surface area contributed by atoms with E-state index in [2.05, 4.69) is 14.9 Å². The molecule has 0 aliphatic carbocycles. The van der Waals surface area contributed by atoms with E-state index in [-0.39, 0.29) is 6.10 Å². The SMILES string of the molecule is CC(O)C1CCN(c2cnc(C#N)cn2)CC1. The van der Waals surface area contributed by atoms with E-state index >= 15 is 0 Å². The Kier molecular flexibility index (Phi) is 3.55. The number of nitrogens with zero attached hydrogens (tertiary/aromatic N) is 4. The highest BCUT2D eigenvalue weighted by molar-refractivity contribution is 5.37. The summed E-state index contributed by atoms with van der Waals surface area (Å²) in [5, 5.41) is 18.2. The lowest BCUT2D eigenvalue weighted by Crippen LogP contribution is -2.37. The van der Waals surface area contributed by atoms with Crippen molar-refractivity contribution in [2.24, 2.45) is 5.92 Å². The van der Waals surface area contributed by atoms with Crippen LogP contribution in [0, 0.1) is 17.2 Å². The molecule has 5 heteroatoms. The molecule has 0 radical (unpaired) electrons. The molecule has 1 N–H and O–H groups in total. The largest absolute Gasteiger partial charge is 0.393 e. The van der Waals surface area contributed by atoms with E-state index in [1.807, 2.05) is 13.0 Å². The van der Waals surface area contributed by atoms with Gasteiger partial charge in [-0.05, 0) is 25.7 Å². The fourth-order valence-electron chi connectivity index (χ4n) is 2.15. The van der Waals surface area contributed by atoms with Crippen molar-refractivity contribution < 1.29 is 5.11 Å². The van der Waals surface area contributed by atoms with E-state index in [1.54, 1.807) is 6.20 Å². The molecule has 0 saturated carbocycles.